The van der Waals surface area contributed by atoms with Gasteiger partial charge >= 0.3 is 11.2 Å². The molecule has 0 amide bonds. The normalized spacial score (nSPS) is 11.9. The van der Waals surface area contributed by atoms with Crippen molar-refractivity contribution in [2.24, 2.45) is 0 Å². The van der Waals surface area contributed by atoms with Gasteiger partial charge in [-0.05, 0) is 42.2 Å². The van der Waals surface area contributed by atoms with Gasteiger partial charge in [0.2, 0.25) is 5.82 Å². The summed E-state index contributed by atoms with van der Waals surface area (Å²) in [6.45, 7) is 2.52. The Morgan fingerprint density at radius 2 is 2.00 bits per heavy atom. The van der Waals surface area contributed by atoms with Crippen molar-refractivity contribution < 1.29 is 9.66 Å². The summed E-state index contributed by atoms with van der Waals surface area (Å²) in [5.41, 5.74) is 0.254. The number of rotatable bonds is 7. The number of ether oxygens (including phenoxy) is 1. The van der Waals surface area contributed by atoms with E-state index in [9.17, 15) is 14.9 Å². The quantitative estimate of drug-likeness (QED) is 0.508. The van der Waals surface area contributed by atoms with Gasteiger partial charge in [-0.2, -0.15) is 0 Å². The second-order valence-electron chi connectivity index (χ2n) is 6.19. The lowest BCUT2D eigenvalue weighted by molar-refractivity contribution is -0.385. The van der Waals surface area contributed by atoms with E-state index in [2.05, 4.69) is 17.2 Å². The molecule has 2 aromatic heterocycles. The molecule has 8 nitrogen and oxygen atoms in total. The third kappa shape index (κ3) is 3.89. The molecule has 0 bridgehead atoms. The zero-order chi connectivity index (χ0) is 19.4. The van der Waals surface area contributed by atoms with E-state index >= 15 is 0 Å². The Bertz CT molecular complexity index is 1010. The predicted molar refractivity (Wildman–Crippen MR) is 103 cm³/mol. The molecule has 3 rings (SSSR count). The fourth-order valence-corrected chi connectivity index (χ4v) is 2.87. The Morgan fingerprint density at radius 3 is 2.67 bits per heavy atom. The second kappa shape index (κ2) is 7.86. The number of fused-ring (bicyclic) bond motifs is 1. The lowest BCUT2D eigenvalue weighted by atomic mass is 9.98. The Labute approximate surface area is 155 Å². The van der Waals surface area contributed by atoms with Crippen molar-refractivity contribution in [2.45, 2.75) is 19.3 Å². The van der Waals surface area contributed by atoms with Crippen LogP contribution >= 0.6 is 0 Å². The molecule has 0 aliphatic carbocycles. The number of benzene rings is 1. The van der Waals surface area contributed by atoms with Crippen molar-refractivity contribution >= 4 is 17.2 Å². The van der Waals surface area contributed by atoms with Crippen LogP contribution in [0, 0.1) is 10.1 Å². The van der Waals surface area contributed by atoms with Gasteiger partial charge in [-0.1, -0.05) is 25.1 Å². The van der Waals surface area contributed by atoms with Gasteiger partial charge in [0.1, 0.15) is 11.4 Å². The van der Waals surface area contributed by atoms with Gasteiger partial charge in [-0.25, -0.2) is 4.98 Å². The standard InChI is InChI=1S/C19H20N4O4/c1-13(14-6-8-15(27-2)9-7-14)10-11-20-18-17(23(25)26)19(24)22-12-4-3-5-16(22)21-18/h3-9,12-13,20H,10-11H2,1-2H3. The van der Waals surface area contributed by atoms with E-state index in [0.717, 1.165) is 17.7 Å². The summed E-state index contributed by atoms with van der Waals surface area (Å²) >= 11 is 0. The number of pyridine rings is 1. The Morgan fingerprint density at radius 1 is 1.26 bits per heavy atom. The summed E-state index contributed by atoms with van der Waals surface area (Å²) in [4.78, 5) is 27.3. The highest BCUT2D eigenvalue weighted by molar-refractivity contribution is 5.59. The molecular formula is C19H20N4O4. The highest BCUT2D eigenvalue weighted by Gasteiger charge is 2.23. The molecule has 1 aromatic carbocycles. The number of nitro groups is 1. The fraction of sp³-hybridized carbons (Fsp3) is 0.263. The zero-order valence-corrected chi connectivity index (χ0v) is 15.1. The number of nitrogens with one attached hydrogen (secondary N) is 1. The van der Waals surface area contributed by atoms with Gasteiger partial charge in [0, 0.05) is 12.7 Å². The highest BCUT2D eigenvalue weighted by Crippen LogP contribution is 2.23. The summed E-state index contributed by atoms with van der Waals surface area (Å²) < 4.78 is 6.32. The van der Waals surface area contributed by atoms with Gasteiger partial charge in [0.15, 0.2) is 0 Å². The number of hydrogen-bond donors (Lipinski definition) is 1. The zero-order valence-electron chi connectivity index (χ0n) is 15.1. The third-order valence-electron chi connectivity index (χ3n) is 4.45. The van der Waals surface area contributed by atoms with Crippen LogP contribution in [0.5, 0.6) is 5.75 Å². The van der Waals surface area contributed by atoms with Crippen molar-refractivity contribution in [2.75, 3.05) is 19.0 Å². The maximum atomic E-state index is 12.4. The van der Waals surface area contributed by atoms with Gasteiger partial charge in [-0.15, -0.1) is 0 Å². The first-order valence-electron chi connectivity index (χ1n) is 8.55. The van der Waals surface area contributed by atoms with Gasteiger partial charge in [0.25, 0.3) is 0 Å². The van der Waals surface area contributed by atoms with E-state index in [-0.39, 0.29) is 11.7 Å². The Kier molecular flexibility index (Phi) is 5.35. The second-order valence-corrected chi connectivity index (χ2v) is 6.19. The molecule has 0 saturated carbocycles. The SMILES string of the molecule is COc1ccc(C(C)CCNc2nc3ccccn3c(=O)c2[N+](=O)[O-])cc1. The molecule has 0 fully saturated rings. The first-order chi connectivity index (χ1) is 13.0. The fourth-order valence-electron chi connectivity index (χ4n) is 2.87. The topological polar surface area (TPSA) is 98.8 Å². The molecule has 0 radical (unpaired) electrons. The molecule has 0 spiro atoms. The highest BCUT2D eigenvalue weighted by atomic mass is 16.6. The van der Waals surface area contributed by atoms with Gasteiger partial charge in [-0.3, -0.25) is 19.3 Å². The monoisotopic (exact) mass is 368 g/mol. The first kappa shape index (κ1) is 18.4. The average Bonchev–Trinajstić information content (AvgIpc) is 2.67. The molecule has 1 atom stereocenters. The molecule has 2 heterocycles. The minimum atomic E-state index is -0.698. The predicted octanol–water partition coefficient (Wildman–Crippen LogP) is 3.22. The molecule has 0 saturated heterocycles. The summed E-state index contributed by atoms with van der Waals surface area (Å²) in [5.74, 6) is 1.02. The van der Waals surface area contributed by atoms with Crippen molar-refractivity contribution in [3.63, 3.8) is 0 Å². The maximum Gasteiger partial charge on any atom is 0.376 e. The lowest BCUT2D eigenvalue weighted by Crippen LogP contribution is -2.21. The van der Waals surface area contributed by atoms with E-state index in [1.165, 1.54) is 10.6 Å². The summed E-state index contributed by atoms with van der Waals surface area (Å²) in [6.07, 6.45) is 2.19. The number of aromatic nitrogens is 2. The minimum Gasteiger partial charge on any atom is -0.497 e. The Balaban J connectivity index is 1.77. The van der Waals surface area contributed by atoms with Crippen LogP contribution in [0.3, 0.4) is 0 Å². The van der Waals surface area contributed by atoms with Crippen molar-refractivity contribution in [3.8, 4) is 5.75 Å². The van der Waals surface area contributed by atoms with E-state index in [1.807, 2.05) is 24.3 Å². The molecule has 27 heavy (non-hydrogen) atoms. The number of hydrogen-bond acceptors (Lipinski definition) is 6. The molecule has 3 aromatic rings. The average molecular weight is 368 g/mol. The molecule has 1 unspecified atom stereocenters. The van der Waals surface area contributed by atoms with Crippen LogP contribution < -0.4 is 15.6 Å². The van der Waals surface area contributed by atoms with Crippen LogP contribution in [-0.4, -0.2) is 28.0 Å². The summed E-state index contributed by atoms with van der Waals surface area (Å²) in [7, 11) is 1.62. The minimum absolute atomic E-state index is 0.00173. The van der Waals surface area contributed by atoms with E-state index in [4.69, 9.17) is 4.74 Å². The van der Waals surface area contributed by atoms with Gasteiger partial charge in [0.05, 0.1) is 12.0 Å². The number of anilines is 1. The molecule has 0 aliphatic heterocycles. The van der Waals surface area contributed by atoms with E-state index in [1.54, 1.807) is 25.3 Å². The van der Waals surface area contributed by atoms with Crippen LogP contribution in [-0.2, 0) is 0 Å². The largest absolute Gasteiger partial charge is 0.497 e. The van der Waals surface area contributed by atoms with Crippen molar-refractivity contribution in [3.05, 3.63) is 74.7 Å². The molecule has 8 heteroatoms. The summed E-state index contributed by atoms with van der Waals surface area (Å²) in [5, 5.41) is 14.3. The lowest BCUT2D eigenvalue weighted by Gasteiger charge is -2.13. The van der Waals surface area contributed by atoms with Crippen molar-refractivity contribution in [1.82, 2.24) is 9.38 Å². The number of methoxy groups -OCH3 is 1. The van der Waals surface area contributed by atoms with Gasteiger partial charge < -0.3 is 10.1 Å². The third-order valence-corrected chi connectivity index (χ3v) is 4.45. The van der Waals surface area contributed by atoms with Crippen molar-refractivity contribution in [1.29, 1.82) is 0 Å². The number of nitrogens with zero attached hydrogens (tertiary/aromatic N) is 3. The van der Waals surface area contributed by atoms with Crippen LogP contribution in [0.4, 0.5) is 11.5 Å². The smallest absolute Gasteiger partial charge is 0.376 e. The Hall–Kier alpha value is -3.42. The van der Waals surface area contributed by atoms with Crippen LogP contribution in [0.15, 0.2) is 53.5 Å². The summed E-state index contributed by atoms with van der Waals surface area (Å²) in [6, 6.07) is 12.8. The van der Waals surface area contributed by atoms with Crippen LogP contribution in [0.2, 0.25) is 0 Å². The first-order valence-corrected chi connectivity index (χ1v) is 8.55. The van der Waals surface area contributed by atoms with Crippen LogP contribution in [0.1, 0.15) is 24.8 Å². The maximum absolute atomic E-state index is 12.4. The molecule has 0 aliphatic rings. The van der Waals surface area contributed by atoms with E-state index in [0.29, 0.717) is 12.2 Å². The molecular weight excluding hydrogens is 348 g/mol. The molecule has 1 N–H and O–H groups in total. The molecule has 140 valence electrons. The van der Waals surface area contributed by atoms with E-state index < -0.39 is 16.2 Å². The van der Waals surface area contributed by atoms with Crippen LogP contribution in [0.25, 0.3) is 5.65 Å².